The van der Waals surface area contributed by atoms with E-state index in [1.54, 1.807) is 31.2 Å². The first kappa shape index (κ1) is 21.9. The molecule has 168 valence electrons. The Labute approximate surface area is 182 Å². The number of halogens is 3. The number of aryl methyl sites for hydroxylation is 1. The van der Waals surface area contributed by atoms with E-state index in [4.69, 9.17) is 9.47 Å². The Balaban J connectivity index is 1.72. The molecule has 0 saturated carbocycles. The lowest BCUT2D eigenvalue weighted by Crippen LogP contribution is -2.37. The summed E-state index contributed by atoms with van der Waals surface area (Å²) in [6.07, 6.45) is -4.53. The maximum Gasteiger partial charge on any atom is 0.416 e. The number of pyridine rings is 1. The van der Waals surface area contributed by atoms with Gasteiger partial charge in [-0.2, -0.15) is 13.2 Å². The highest BCUT2D eigenvalue weighted by Gasteiger charge is 2.32. The van der Waals surface area contributed by atoms with Crippen LogP contribution in [-0.4, -0.2) is 44.3 Å². The molecule has 0 unspecified atom stereocenters. The third-order valence-electron chi connectivity index (χ3n) is 5.38. The average Bonchev–Trinajstić information content (AvgIpc) is 2.78. The Morgan fingerprint density at radius 3 is 2.56 bits per heavy atom. The number of anilines is 2. The summed E-state index contributed by atoms with van der Waals surface area (Å²) in [5, 5.41) is 3.37. The number of hydrogen-bond donors (Lipinski definition) is 1. The zero-order valence-corrected chi connectivity index (χ0v) is 17.6. The molecule has 32 heavy (non-hydrogen) atoms. The van der Waals surface area contributed by atoms with Gasteiger partial charge in [-0.25, -0.2) is 0 Å². The summed E-state index contributed by atoms with van der Waals surface area (Å²) in [5.74, 6) is 0.0792. The van der Waals surface area contributed by atoms with Crippen LogP contribution >= 0.6 is 0 Å². The third-order valence-corrected chi connectivity index (χ3v) is 5.38. The smallest absolute Gasteiger partial charge is 0.416 e. The number of alkyl halides is 3. The summed E-state index contributed by atoms with van der Waals surface area (Å²) in [5.41, 5.74) is 1.21. The van der Waals surface area contributed by atoms with E-state index in [1.807, 2.05) is 4.90 Å². The molecule has 1 aromatic heterocycles. The summed E-state index contributed by atoms with van der Waals surface area (Å²) in [6.45, 7) is 3.65. The fraction of sp³-hybridized carbons (Fsp3) is 0.304. The van der Waals surface area contributed by atoms with Crippen LogP contribution in [0.3, 0.4) is 0 Å². The van der Waals surface area contributed by atoms with Gasteiger partial charge in [-0.3, -0.25) is 9.78 Å². The zero-order valence-electron chi connectivity index (χ0n) is 17.6. The highest BCUT2D eigenvalue weighted by molar-refractivity contribution is 6.08. The van der Waals surface area contributed by atoms with Gasteiger partial charge in [0.1, 0.15) is 5.75 Å². The number of rotatable bonds is 4. The van der Waals surface area contributed by atoms with Crippen molar-refractivity contribution in [2.45, 2.75) is 13.1 Å². The Morgan fingerprint density at radius 1 is 1.12 bits per heavy atom. The normalized spacial score (nSPS) is 14.5. The Bertz CT molecular complexity index is 1160. The van der Waals surface area contributed by atoms with Gasteiger partial charge in [-0.05, 0) is 49.4 Å². The van der Waals surface area contributed by atoms with Crippen molar-refractivity contribution >= 4 is 28.2 Å². The van der Waals surface area contributed by atoms with Gasteiger partial charge in [0.05, 0.1) is 54.0 Å². The molecule has 1 saturated heterocycles. The van der Waals surface area contributed by atoms with Crippen LogP contribution in [-0.2, 0) is 10.9 Å². The highest BCUT2D eigenvalue weighted by Crippen LogP contribution is 2.36. The molecule has 2 aromatic carbocycles. The van der Waals surface area contributed by atoms with Gasteiger partial charge in [0.15, 0.2) is 0 Å². The molecule has 1 fully saturated rings. The van der Waals surface area contributed by atoms with Gasteiger partial charge < -0.3 is 19.7 Å². The number of hydrogen-bond acceptors (Lipinski definition) is 5. The van der Waals surface area contributed by atoms with Crippen LogP contribution in [0, 0.1) is 6.92 Å². The van der Waals surface area contributed by atoms with E-state index < -0.39 is 17.6 Å². The SMILES string of the molecule is COc1ccc2nc(C)c(C(=O)Nc3cc(C(F)(F)F)ccc3N3CCOCC3)cc2c1. The number of nitrogens with zero attached hydrogens (tertiary/aromatic N) is 2. The van der Waals surface area contributed by atoms with Crippen molar-refractivity contribution in [3.8, 4) is 5.75 Å². The van der Waals surface area contributed by atoms with Crippen LogP contribution in [0.5, 0.6) is 5.75 Å². The molecule has 2 heterocycles. The standard InChI is InChI=1S/C23H22F3N3O3/c1-14-18(12-15-11-17(31-2)4-5-19(15)27-14)22(30)28-20-13-16(23(24,25)26)3-6-21(20)29-7-9-32-10-8-29/h3-6,11-13H,7-10H2,1-2H3,(H,28,30). The maximum atomic E-state index is 13.3. The van der Waals surface area contributed by atoms with Crippen LogP contribution in [0.2, 0.25) is 0 Å². The lowest BCUT2D eigenvalue weighted by Gasteiger charge is -2.31. The van der Waals surface area contributed by atoms with E-state index in [0.717, 1.165) is 12.1 Å². The average molecular weight is 445 g/mol. The first-order chi connectivity index (χ1) is 15.3. The molecule has 3 aromatic rings. The quantitative estimate of drug-likeness (QED) is 0.633. The summed E-state index contributed by atoms with van der Waals surface area (Å²) in [4.78, 5) is 19.5. The number of morpholine rings is 1. The number of benzene rings is 2. The maximum absolute atomic E-state index is 13.3. The van der Waals surface area contributed by atoms with E-state index in [0.29, 0.717) is 54.3 Å². The second-order valence-electron chi connectivity index (χ2n) is 7.46. The molecule has 0 aliphatic carbocycles. The van der Waals surface area contributed by atoms with E-state index in [9.17, 15) is 18.0 Å². The minimum Gasteiger partial charge on any atom is -0.497 e. The van der Waals surface area contributed by atoms with Crippen molar-refractivity contribution in [2.24, 2.45) is 0 Å². The van der Waals surface area contributed by atoms with E-state index >= 15 is 0 Å². The van der Waals surface area contributed by atoms with Crippen LogP contribution in [0.4, 0.5) is 24.5 Å². The first-order valence-corrected chi connectivity index (χ1v) is 10.1. The lowest BCUT2D eigenvalue weighted by molar-refractivity contribution is -0.137. The zero-order chi connectivity index (χ0) is 22.9. The summed E-state index contributed by atoms with van der Waals surface area (Å²) in [7, 11) is 1.54. The summed E-state index contributed by atoms with van der Waals surface area (Å²) >= 11 is 0. The second-order valence-corrected chi connectivity index (χ2v) is 7.46. The van der Waals surface area contributed by atoms with Crippen LogP contribution < -0.4 is 15.0 Å². The Morgan fingerprint density at radius 2 is 1.88 bits per heavy atom. The molecule has 9 heteroatoms. The number of fused-ring (bicyclic) bond motifs is 1. The fourth-order valence-electron chi connectivity index (χ4n) is 3.69. The minimum atomic E-state index is -4.53. The number of nitrogens with one attached hydrogen (secondary N) is 1. The predicted molar refractivity (Wildman–Crippen MR) is 115 cm³/mol. The molecule has 0 spiro atoms. The molecular weight excluding hydrogens is 423 g/mol. The monoisotopic (exact) mass is 445 g/mol. The van der Waals surface area contributed by atoms with Gasteiger partial charge in [-0.15, -0.1) is 0 Å². The molecule has 0 bridgehead atoms. The number of ether oxygens (including phenoxy) is 2. The molecule has 6 nitrogen and oxygen atoms in total. The topological polar surface area (TPSA) is 63.7 Å². The van der Waals surface area contributed by atoms with Gasteiger partial charge in [-0.1, -0.05) is 0 Å². The van der Waals surface area contributed by atoms with Crippen LogP contribution in [0.25, 0.3) is 10.9 Å². The highest BCUT2D eigenvalue weighted by atomic mass is 19.4. The van der Waals surface area contributed by atoms with Crippen LogP contribution in [0.1, 0.15) is 21.6 Å². The van der Waals surface area contributed by atoms with Crippen molar-refractivity contribution in [3.05, 3.63) is 59.3 Å². The minimum absolute atomic E-state index is 0.0943. The number of aromatic nitrogens is 1. The summed E-state index contributed by atoms with van der Waals surface area (Å²) in [6, 6.07) is 10.3. The van der Waals surface area contributed by atoms with Gasteiger partial charge >= 0.3 is 6.18 Å². The van der Waals surface area contributed by atoms with Crippen molar-refractivity contribution in [2.75, 3.05) is 43.6 Å². The number of methoxy groups -OCH3 is 1. The number of amides is 1. The van der Waals surface area contributed by atoms with Crippen molar-refractivity contribution in [1.29, 1.82) is 0 Å². The van der Waals surface area contributed by atoms with Crippen molar-refractivity contribution < 1.29 is 27.4 Å². The van der Waals surface area contributed by atoms with Crippen molar-refractivity contribution in [3.63, 3.8) is 0 Å². The molecule has 4 rings (SSSR count). The molecule has 1 aliphatic rings. The number of carbonyl (C=O) groups is 1. The Kier molecular flexibility index (Phi) is 5.92. The first-order valence-electron chi connectivity index (χ1n) is 10.1. The van der Waals surface area contributed by atoms with Gasteiger partial charge in [0.25, 0.3) is 5.91 Å². The molecule has 0 radical (unpaired) electrons. The van der Waals surface area contributed by atoms with Gasteiger partial charge in [0, 0.05) is 18.5 Å². The second kappa shape index (κ2) is 8.66. The molecular formula is C23H22F3N3O3. The third kappa shape index (κ3) is 4.47. The summed E-state index contributed by atoms with van der Waals surface area (Å²) < 4.78 is 50.6. The molecule has 1 aliphatic heterocycles. The molecule has 0 atom stereocenters. The predicted octanol–water partition coefficient (Wildman–Crippen LogP) is 4.66. The van der Waals surface area contributed by atoms with E-state index in [1.165, 1.54) is 13.2 Å². The van der Waals surface area contributed by atoms with Gasteiger partial charge in [0.2, 0.25) is 0 Å². The van der Waals surface area contributed by atoms with Crippen LogP contribution in [0.15, 0.2) is 42.5 Å². The Hall–Kier alpha value is -3.33. The number of carbonyl (C=O) groups excluding carboxylic acids is 1. The molecule has 1 N–H and O–H groups in total. The van der Waals surface area contributed by atoms with E-state index in [-0.39, 0.29) is 11.3 Å². The van der Waals surface area contributed by atoms with E-state index in [2.05, 4.69) is 10.3 Å². The van der Waals surface area contributed by atoms with Crippen molar-refractivity contribution in [1.82, 2.24) is 4.98 Å². The largest absolute Gasteiger partial charge is 0.497 e. The molecule has 1 amide bonds. The fourth-order valence-corrected chi connectivity index (χ4v) is 3.69. The lowest BCUT2D eigenvalue weighted by atomic mass is 10.1.